The second kappa shape index (κ2) is 14.1. The summed E-state index contributed by atoms with van der Waals surface area (Å²) in [5.41, 5.74) is 5.63. The number of benzene rings is 6. The van der Waals surface area contributed by atoms with Gasteiger partial charge in [-0.3, -0.25) is 0 Å². The average Bonchev–Trinajstić information content (AvgIpc) is 3.58. The van der Waals surface area contributed by atoms with Gasteiger partial charge >= 0.3 is 13.8 Å². The maximum atomic E-state index is 13.1. The Balaban J connectivity index is 1.30. The van der Waals surface area contributed by atoms with Gasteiger partial charge in [-0.15, -0.1) is 5.10 Å². The summed E-state index contributed by atoms with van der Waals surface area (Å²) in [6.45, 7) is 0. The van der Waals surface area contributed by atoms with E-state index in [1.165, 1.54) is 12.1 Å². The Morgan fingerprint density at radius 2 is 1.28 bits per heavy atom. The van der Waals surface area contributed by atoms with Crippen LogP contribution in [0.5, 0.6) is 17.2 Å². The number of ether oxygens (including phenoxy) is 1. The molecule has 0 aliphatic carbocycles. The van der Waals surface area contributed by atoms with E-state index < -0.39 is 19.3 Å². The Bertz CT molecular complexity index is 2270. The molecule has 0 amide bonds. The largest absolute Gasteiger partial charge is 0.457 e. The molecule has 6 aromatic carbocycles. The smallest absolute Gasteiger partial charge is 0.442 e. The topological polar surface area (TPSA) is 86.5 Å². The van der Waals surface area contributed by atoms with Crippen LogP contribution in [0.2, 0.25) is 0 Å². The third-order valence-electron chi connectivity index (χ3n) is 8.54. The summed E-state index contributed by atoms with van der Waals surface area (Å²) in [4.78, 5) is 9.58. The highest BCUT2D eigenvalue weighted by Crippen LogP contribution is 2.49. The molecule has 1 aromatic heterocycles. The summed E-state index contributed by atoms with van der Waals surface area (Å²) in [6, 6.07) is 50.1. The van der Waals surface area contributed by atoms with Crippen molar-refractivity contribution in [3.63, 3.8) is 0 Å². The maximum Gasteiger partial charge on any atom is 0.442 e. The first kappa shape index (κ1) is 32.9. The van der Waals surface area contributed by atoms with Crippen LogP contribution >= 0.6 is 7.60 Å². The number of fused-ring (bicyclic) bond motifs is 1. The van der Waals surface area contributed by atoms with Crippen LogP contribution in [0.3, 0.4) is 0 Å². The van der Waals surface area contributed by atoms with Crippen molar-refractivity contribution >= 4 is 18.6 Å². The molecule has 7 rings (SSSR count). The van der Waals surface area contributed by atoms with Gasteiger partial charge in [-0.25, -0.2) is 9.25 Å². The summed E-state index contributed by atoms with van der Waals surface area (Å²) >= 11 is 0. The first-order valence-electron chi connectivity index (χ1n) is 16.0. The first-order valence-corrected chi connectivity index (χ1v) is 17.6. The number of hydrogen-bond acceptors (Lipinski definition) is 5. The van der Waals surface area contributed by atoms with Crippen molar-refractivity contribution in [3.8, 4) is 28.4 Å². The van der Waals surface area contributed by atoms with Crippen molar-refractivity contribution < 1.29 is 27.5 Å². The van der Waals surface area contributed by atoms with Crippen LogP contribution in [0, 0.1) is 0 Å². The van der Waals surface area contributed by atoms with Gasteiger partial charge in [0.15, 0.2) is 0 Å². The molecule has 0 aliphatic rings. The van der Waals surface area contributed by atoms with Crippen molar-refractivity contribution in [3.05, 3.63) is 174 Å². The van der Waals surface area contributed by atoms with E-state index in [0.29, 0.717) is 12.8 Å². The second-order valence-electron chi connectivity index (χ2n) is 12.0. The third-order valence-corrected chi connectivity index (χ3v) is 9.51. The first-order chi connectivity index (χ1) is 24.3. The number of para-hydroxylation sites is 2. The fourth-order valence-electron chi connectivity index (χ4n) is 6.23. The molecule has 0 radical (unpaired) electrons. The minimum absolute atomic E-state index is 0.123. The van der Waals surface area contributed by atoms with Crippen molar-refractivity contribution in [1.29, 1.82) is 0 Å². The number of alkyl halides is 2. The Hall–Kier alpha value is -5.63. The lowest BCUT2D eigenvalue weighted by Crippen LogP contribution is -2.40. The fraction of sp³-hybridized carbons (Fsp3) is 0.100. The lowest BCUT2D eigenvalue weighted by molar-refractivity contribution is 0.188. The predicted molar refractivity (Wildman–Crippen MR) is 190 cm³/mol. The van der Waals surface area contributed by atoms with E-state index in [0.717, 1.165) is 50.3 Å². The van der Waals surface area contributed by atoms with E-state index in [2.05, 4.69) is 41.5 Å². The number of hydrogen-bond donors (Lipinski definition) is 1. The average molecular weight is 688 g/mol. The van der Waals surface area contributed by atoms with Gasteiger partial charge in [0.2, 0.25) is 0 Å². The molecule has 0 bridgehead atoms. The summed E-state index contributed by atoms with van der Waals surface area (Å²) in [6.07, 6.45) is -2.59. The number of aromatic nitrogens is 3. The molecule has 0 aliphatic heterocycles. The van der Waals surface area contributed by atoms with Gasteiger partial charge in [-0.2, -0.15) is 8.78 Å². The zero-order chi connectivity index (χ0) is 34.6. The lowest BCUT2D eigenvalue weighted by atomic mass is 9.78. The normalized spacial score (nSPS) is 13.8. The minimum atomic E-state index is -5.12. The van der Waals surface area contributed by atoms with Crippen LogP contribution < -0.4 is 9.26 Å². The van der Waals surface area contributed by atoms with Gasteiger partial charge in [0.1, 0.15) is 22.8 Å². The molecule has 2 atom stereocenters. The monoisotopic (exact) mass is 687 g/mol. The summed E-state index contributed by atoms with van der Waals surface area (Å²) in [5, 5.41) is 9.25. The molecule has 2 unspecified atom stereocenters. The lowest BCUT2D eigenvalue weighted by Gasteiger charge is -2.36. The van der Waals surface area contributed by atoms with Gasteiger partial charge in [0, 0.05) is 12.8 Å². The van der Waals surface area contributed by atoms with Crippen molar-refractivity contribution in [2.24, 2.45) is 0 Å². The molecule has 250 valence electrons. The molecule has 10 heteroatoms. The highest BCUT2D eigenvalue weighted by Gasteiger charge is 2.38. The van der Waals surface area contributed by atoms with Gasteiger partial charge in [0.25, 0.3) is 0 Å². The van der Waals surface area contributed by atoms with E-state index in [9.17, 15) is 18.2 Å². The molecule has 7 aromatic rings. The van der Waals surface area contributed by atoms with Gasteiger partial charge in [-0.1, -0.05) is 114 Å². The standard InChI is InChI=1S/C40H32F2N3O4P/c41-39(42)50(46,47)49-35-23-21-29(22-24-35)27-40(33-14-3-1-4-15-33,45-38-20-8-7-19-37(38)43-44-45)28-30-11-9-12-31(25-30)32-13-10-18-36(26-32)48-34-16-5-2-6-17-34/h1-26,39H,27-28H2,(H,46,47). The minimum Gasteiger partial charge on any atom is -0.457 e. The number of rotatable bonds is 12. The Kier molecular flexibility index (Phi) is 9.26. The zero-order valence-electron chi connectivity index (χ0n) is 26.7. The van der Waals surface area contributed by atoms with Crippen molar-refractivity contribution in [2.75, 3.05) is 0 Å². The molecular weight excluding hydrogens is 655 g/mol. The van der Waals surface area contributed by atoms with E-state index in [1.807, 2.05) is 102 Å². The SMILES string of the molecule is O=P(O)(Oc1ccc(CC(Cc2cccc(-c3cccc(Oc4ccccc4)c3)c2)(c2ccccc2)n2nnc3ccccc32)cc1)C(F)F. The number of nitrogens with zero attached hydrogens (tertiary/aromatic N) is 3. The molecule has 0 spiro atoms. The van der Waals surface area contributed by atoms with Crippen molar-refractivity contribution in [2.45, 2.75) is 24.5 Å². The molecule has 0 saturated heterocycles. The van der Waals surface area contributed by atoms with Crippen LogP contribution in [0.15, 0.2) is 158 Å². The van der Waals surface area contributed by atoms with Gasteiger partial charge in [-0.05, 0) is 76.3 Å². The van der Waals surface area contributed by atoms with Crippen molar-refractivity contribution in [1.82, 2.24) is 15.0 Å². The highest BCUT2D eigenvalue weighted by atomic mass is 31.2. The van der Waals surface area contributed by atoms with E-state index >= 15 is 0 Å². The molecule has 1 heterocycles. The second-order valence-corrected chi connectivity index (χ2v) is 13.7. The highest BCUT2D eigenvalue weighted by molar-refractivity contribution is 7.53. The van der Waals surface area contributed by atoms with Gasteiger partial charge < -0.3 is 14.2 Å². The summed E-state index contributed by atoms with van der Waals surface area (Å²) in [5.74, 6) is 1.36. The molecule has 1 N–H and O–H groups in total. The van der Waals surface area contributed by atoms with Crippen LogP contribution in [-0.4, -0.2) is 26.1 Å². The van der Waals surface area contributed by atoms with Crippen LogP contribution in [0.1, 0.15) is 16.7 Å². The third kappa shape index (κ3) is 7.06. The quantitative estimate of drug-likeness (QED) is 0.129. The van der Waals surface area contributed by atoms with Crippen LogP contribution in [0.4, 0.5) is 8.78 Å². The van der Waals surface area contributed by atoms with Crippen LogP contribution in [-0.2, 0) is 22.9 Å². The molecule has 7 nitrogen and oxygen atoms in total. The Morgan fingerprint density at radius 1 is 0.660 bits per heavy atom. The summed E-state index contributed by atoms with van der Waals surface area (Å²) in [7, 11) is -5.12. The van der Waals surface area contributed by atoms with E-state index in [1.54, 1.807) is 12.1 Å². The summed E-state index contributed by atoms with van der Waals surface area (Å²) < 4.78 is 50.8. The molecular formula is C40H32F2N3O4P. The van der Waals surface area contributed by atoms with Crippen LogP contribution in [0.25, 0.3) is 22.2 Å². The fourth-order valence-corrected chi connectivity index (χ4v) is 6.73. The maximum absolute atomic E-state index is 13.1. The molecule has 50 heavy (non-hydrogen) atoms. The Morgan fingerprint density at radius 3 is 2.02 bits per heavy atom. The predicted octanol–water partition coefficient (Wildman–Crippen LogP) is 9.91. The number of halogens is 2. The Labute approximate surface area is 287 Å². The van der Waals surface area contributed by atoms with Gasteiger partial charge in [0.05, 0.1) is 11.1 Å². The van der Waals surface area contributed by atoms with E-state index in [-0.39, 0.29) is 5.75 Å². The molecule has 0 fully saturated rings. The zero-order valence-corrected chi connectivity index (χ0v) is 27.6. The van der Waals surface area contributed by atoms with E-state index in [4.69, 9.17) is 14.5 Å². The molecule has 0 saturated carbocycles.